The molecule has 50 heavy (non-hydrogen) atoms. The number of fused-ring (bicyclic) bond motifs is 2. The van der Waals surface area contributed by atoms with Gasteiger partial charge in [-0.3, -0.25) is 19.2 Å². The van der Waals surface area contributed by atoms with Gasteiger partial charge in [0.2, 0.25) is 0 Å². The minimum absolute atomic E-state index is 0.149. The fourth-order valence-electron chi connectivity index (χ4n) is 6.36. The first-order valence-electron chi connectivity index (χ1n) is 16.6. The summed E-state index contributed by atoms with van der Waals surface area (Å²) in [4.78, 5) is 58.1. The van der Waals surface area contributed by atoms with Gasteiger partial charge in [0.05, 0.1) is 45.8 Å². The number of imide groups is 2. The minimum atomic E-state index is -0.514. The van der Waals surface area contributed by atoms with E-state index in [9.17, 15) is 19.2 Å². The van der Waals surface area contributed by atoms with Gasteiger partial charge >= 0.3 is 0 Å². The summed E-state index contributed by atoms with van der Waals surface area (Å²) in [5, 5.41) is 0. The molecule has 0 aliphatic carbocycles. The molecule has 7 rings (SSSR count). The smallest absolute Gasteiger partial charge is 0.266 e. The van der Waals surface area contributed by atoms with Gasteiger partial charge in [-0.1, -0.05) is 71.8 Å². The lowest BCUT2D eigenvalue weighted by atomic mass is 9.99. The molecule has 0 unspecified atom stereocenters. The maximum Gasteiger partial charge on any atom is 0.266 e. The molecule has 5 aromatic rings. The van der Waals surface area contributed by atoms with E-state index < -0.39 is 23.6 Å². The summed E-state index contributed by atoms with van der Waals surface area (Å²) in [7, 11) is 0. The molecule has 0 aromatic heterocycles. The van der Waals surface area contributed by atoms with Crippen molar-refractivity contribution < 1.29 is 28.7 Å². The van der Waals surface area contributed by atoms with Crippen LogP contribution in [-0.4, -0.2) is 35.8 Å². The van der Waals surface area contributed by atoms with Crippen molar-refractivity contribution in [2.24, 2.45) is 0 Å². The van der Waals surface area contributed by atoms with Crippen LogP contribution in [0.15, 0.2) is 97.1 Å². The molecule has 250 valence electrons. The fourth-order valence-corrected chi connectivity index (χ4v) is 6.36. The SMILES string of the molecule is Cc1ccc(-c2ccc3c(c2)C(=O)N(c2cc(OC(C)C)c(N4C(=O)c5ccc(-c6ccc(C)cc6)cc5C4=O)cc2OC(C)C)C3=O)cc1. The second kappa shape index (κ2) is 12.5. The van der Waals surface area contributed by atoms with Crippen LogP contribution in [0.3, 0.4) is 0 Å². The van der Waals surface area contributed by atoms with Crippen LogP contribution in [0.2, 0.25) is 0 Å². The van der Waals surface area contributed by atoms with E-state index in [1.165, 1.54) is 12.1 Å². The Hall–Kier alpha value is -6.02. The summed E-state index contributed by atoms with van der Waals surface area (Å²) in [6.07, 6.45) is -0.748. The van der Waals surface area contributed by atoms with Crippen LogP contribution < -0.4 is 19.3 Å². The van der Waals surface area contributed by atoms with Crippen LogP contribution >= 0.6 is 0 Å². The average Bonchev–Trinajstić information content (AvgIpc) is 3.48. The quantitative estimate of drug-likeness (QED) is 0.154. The summed E-state index contributed by atoms with van der Waals surface area (Å²) in [5.41, 5.74) is 7.05. The predicted octanol–water partition coefficient (Wildman–Crippen LogP) is 8.81. The Morgan fingerprint density at radius 3 is 1.08 bits per heavy atom. The summed E-state index contributed by atoms with van der Waals surface area (Å²) < 4.78 is 12.4. The largest absolute Gasteiger partial charge is 0.489 e. The van der Waals surface area contributed by atoms with E-state index in [1.54, 1.807) is 24.3 Å². The summed E-state index contributed by atoms with van der Waals surface area (Å²) in [6, 6.07) is 29.3. The maximum atomic E-state index is 14.1. The third-order valence-corrected chi connectivity index (χ3v) is 8.79. The van der Waals surface area contributed by atoms with Crippen LogP contribution in [-0.2, 0) is 0 Å². The molecule has 0 fully saturated rings. The van der Waals surface area contributed by atoms with Gasteiger partial charge in [0.15, 0.2) is 0 Å². The highest BCUT2D eigenvalue weighted by Crippen LogP contribution is 2.46. The number of hydrogen-bond donors (Lipinski definition) is 0. The molecular weight excluding hydrogens is 628 g/mol. The number of carbonyl (C=O) groups excluding carboxylic acids is 4. The van der Waals surface area contributed by atoms with Gasteiger partial charge in [-0.25, -0.2) is 9.80 Å². The molecule has 0 spiro atoms. The Morgan fingerprint density at radius 1 is 0.420 bits per heavy atom. The Bertz CT molecular complexity index is 2060. The molecule has 8 nitrogen and oxygen atoms in total. The van der Waals surface area contributed by atoms with E-state index in [4.69, 9.17) is 9.47 Å². The zero-order chi connectivity index (χ0) is 35.4. The first kappa shape index (κ1) is 32.5. The molecule has 0 saturated carbocycles. The zero-order valence-corrected chi connectivity index (χ0v) is 28.7. The molecule has 0 bridgehead atoms. The Labute approximate surface area is 290 Å². The molecular formula is C42H36N2O6. The van der Waals surface area contributed by atoms with Gasteiger partial charge in [-0.05, 0) is 88.1 Å². The van der Waals surface area contributed by atoms with Crippen molar-refractivity contribution in [1.82, 2.24) is 0 Å². The number of ether oxygens (including phenoxy) is 2. The zero-order valence-electron chi connectivity index (χ0n) is 28.7. The molecule has 2 aliphatic heterocycles. The maximum absolute atomic E-state index is 14.1. The monoisotopic (exact) mass is 664 g/mol. The predicted molar refractivity (Wildman–Crippen MR) is 193 cm³/mol. The number of rotatable bonds is 8. The van der Waals surface area contributed by atoms with E-state index >= 15 is 0 Å². The van der Waals surface area contributed by atoms with E-state index in [-0.39, 0.29) is 57.3 Å². The molecule has 0 radical (unpaired) electrons. The molecule has 2 aliphatic rings. The van der Waals surface area contributed by atoms with Crippen LogP contribution in [0.25, 0.3) is 22.3 Å². The summed E-state index contributed by atoms with van der Waals surface area (Å²) >= 11 is 0. The Morgan fingerprint density at radius 2 is 0.740 bits per heavy atom. The van der Waals surface area contributed by atoms with Gasteiger partial charge in [0, 0.05) is 12.1 Å². The fraction of sp³-hybridized carbons (Fsp3) is 0.190. The van der Waals surface area contributed by atoms with E-state index in [0.29, 0.717) is 0 Å². The average molecular weight is 665 g/mol. The minimum Gasteiger partial charge on any atom is -0.489 e. The molecule has 0 atom stereocenters. The highest BCUT2D eigenvalue weighted by Gasteiger charge is 2.42. The first-order chi connectivity index (χ1) is 23.9. The Balaban J connectivity index is 1.31. The van der Waals surface area contributed by atoms with Gasteiger partial charge in [0.25, 0.3) is 23.6 Å². The van der Waals surface area contributed by atoms with Gasteiger partial charge in [0.1, 0.15) is 11.5 Å². The van der Waals surface area contributed by atoms with E-state index in [0.717, 1.165) is 43.2 Å². The highest BCUT2D eigenvalue weighted by atomic mass is 16.5. The van der Waals surface area contributed by atoms with Crippen LogP contribution in [0.1, 0.15) is 80.3 Å². The number of benzene rings is 5. The lowest BCUT2D eigenvalue weighted by Crippen LogP contribution is -2.32. The molecule has 2 heterocycles. The van der Waals surface area contributed by atoms with Gasteiger partial charge in [-0.15, -0.1) is 0 Å². The molecule has 0 N–H and O–H groups in total. The summed E-state index contributed by atoms with van der Waals surface area (Å²) in [6.45, 7) is 11.3. The number of anilines is 2. The lowest BCUT2D eigenvalue weighted by Gasteiger charge is -2.26. The topological polar surface area (TPSA) is 93.2 Å². The van der Waals surface area contributed by atoms with E-state index in [2.05, 4.69) is 0 Å². The van der Waals surface area contributed by atoms with Crippen molar-refractivity contribution in [2.45, 2.75) is 53.8 Å². The third kappa shape index (κ3) is 5.62. The van der Waals surface area contributed by atoms with Crippen LogP contribution in [0.5, 0.6) is 11.5 Å². The van der Waals surface area contributed by atoms with Crippen molar-refractivity contribution in [2.75, 3.05) is 9.80 Å². The third-order valence-electron chi connectivity index (χ3n) is 8.79. The second-order valence-electron chi connectivity index (χ2n) is 13.3. The first-order valence-corrected chi connectivity index (χ1v) is 16.6. The second-order valence-corrected chi connectivity index (χ2v) is 13.3. The van der Waals surface area contributed by atoms with Gasteiger partial charge < -0.3 is 9.47 Å². The molecule has 0 saturated heterocycles. The van der Waals surface area contributed by atoms with E-state index in [1.807, 2.05) is 102 Å². The summed E-state index contributed by atoms with van der Waals surface area (Å²) in [5.74, 6) is -1.75. The molecule has 8 heteroatoms. The van der Waals surface area contributed by atoms with Crippen molar-refractivity contribution >= 4 is 35.0 Å². The molecule has 5 aromatic carbocycles. The number of aryl methyl sites for hydroxylation is 2. The Kier molecular flexibility index (Phi) is 8.10. The number of amides is 4. The molecule has 4 amide bonds. The number of nitrogens with zero attached hydrogens (tertiary/aromatic N) is 2. The van der Waals surface area contributed by atoms with Crippen molar-refractivity contribution in [3.8, 4) is 33.8 Å². The lowest BCUT2D eigenvalue weighted by molar-refractivity contribution is 0.0906. The number of hydrogen-bond acceptors (Lipinski definition) is 6. The van der Waals surface area contributed by atoms with Crippen molar-refractivity contribution in [3.05, 3.63) is 130 Å². The van der Waals surface area contributed by atoms with Crippen LogP contribution in [0, 0.1) is 13.8 Å². The number of carbonyl (C=O) groups is 4. The van der Waals surface area contributed by atoms with Crippen molar-refractivity contribution in [1.29, 1.82) is 0 Å². The standard InChI is InChI=1S/C42H36N2O6/c1-23(2)49-37-21-36(44-40(46)32-18-16-30(20-34(32)42(44)48)28-13-9-26(6)10-14-28)38(50-24(3)4)22-35(37)43-39(45)31-17-15-29(19-33(31)41(43)47)27-11-7-25(5)8-12-27/h7-24H,1-6H3. The normalized spacial score (nSPS) is 13.8. The van der Waals surface area contributed by atoms with Crippen LogP contribution in [0.4, 0.5) is 11.4 Å². The highest BCUT2D eigenvalue weighted by molar-refractivity contribution is 6.36. The van der Waals surface area contributed by atoms with Crippen molar-refractivity contribution in [3.63, 3.8) is 0 Å². The van der Waals surface area contributed by atoms with Gasteiger partial charge in [-0.2, -0.15) is 0 Å².